The van der Waals surface area contributed by atoms with Crippen LogP contribution in [-0.4, -0.2) is 44.0 Å². The van der Waals surface area contributed by atoms with Gasteiger partial charge in [-0.2, -0.15) is 0 Å². The van der Waals surface area contributed by atoms with E-state index < -0.39 is 0 Å². The number of nitrogens with one attached hydrogen (secondary N) is 1. The van der Waals surface area contributed by atoms with Crippen LogP contribution in [0.2, 0.25) is 5.02 Å². The van der Waals surface area contributed by atoms with E-state index in [0.29, 0.717) is 35.9 Å². The summed E-state index contributed by atoms with van der Waals surface area (Å²) < 4.78 is 10.9. The molecule has 144 valence electrons. The molecule has 0 saturated carbocycles. The SMILES string of the molecule is CN(C)C(=O)COc1ccc(NC(=O)CCCOc2ccc(Cl)cc2)cc1. The highest BCUT2D eigenvalue weighted by atomic mass is 35.5. The molecule has 2 amide bonds. The molecule has 0 aliphatic rings. The van der Waals surface area contributed by atoms with Gasteiger partial charge in [-0.1, -0.05) is 11.6 Å². The van der Waals surface area contributed by atoms with Crippen molar-refractivity contribution in [2.24, 2.45) is 0 Å². The highest BCUT2D eigenvalue weighted by molar-refractivity contribution is 6.30. The summed E-state index contributed by atoms with van der Waals surface area (Å²) in [7, 11) is 3.34. The summed E-state index contributed by atoms with van der Waals surface area (Å²) in [6.45, 7) is 0.425. The zero-order valence-electron chi connectivity index (χ0n) is 15.4. The summed E-state index contributed by atoms with van der Waals surface area (Å²) in [6.07, 6.45) is 0.950. The Kier molecular flexibility index (Phi) is 7.95. The number of nitrogens with zero attached hydrogens (tertiary/aromatic N) is 1. The van der Waals surface area contributed by atoms with Crippen molar-refractivity contribution in [3.8, 4) is 11.5 Å². The average molecular weight is 391 g/mol. The van der Waals surface area contributed by atoms with Crippen molar-refractivity contribution in [3.63, 3.8) is 0 Å². The van der Waals surface area contributed by atoms with Crippen molar-refractivity contribution < 1.29 is 19.1 Å². The summed E-state index contributed by atoms with van der Waals surface area (Å²) in [5.74, 6) is 1.09. The fourth-order valence-electron chi connectivity index (χ4n) is 2.09. The first-order chi connectivity index (χ1) is 12.9. The Morgan fingerprint density at radius 1 is 0.963 bits per heavy atom. The summed E-state index contributed by atoms with van der Waals surface area (Å²) in [5.41, 5.74) is 0.671. The molecule has 0 atom stereocenters. The van der Waals surface area contributed by atoms with Crippen molar-refractivity contribution in [2.45, 2.75) is 12.8 Å². The molecule has 6 nitrogen and oxygen atoms in total. The minimum Gasteiger partial charge on any atom is -0.494 e. The largest absolute Gasteiger partial charge is 0.494 e. The van der Waals surface area contributed by atoms with Gasteiger partial charge in [0.2, 0.25) is 5.91 Å². The molecule has 2 aromatic carbocycles. The van der Waals surface area contributed by atoms with E-state index in [1.165, 1.54) is 4.90 Å². The van der Waals surface area contributed by atoms with Crippen LogP contribution in [0.15, 0.2) is 48.5 Å². The second-order valence-corrected chi connectivity index (χ2v) is 6.49. The molecule has 0 saturated heterocycles. The molecule has 2 aromatic rings. The molecule has 27 heavy (non-hydrogen) atoms. The van der Waals surface area contributed by atoms with Gasteiger partial charge in [0, 0.05) is 31.2 Å². The van der Waals surface area contributed by atoms with Gasteiger partial charge in [-0.15, -0.1) is 0 Å². The Morgan fingerprint density at radius 2 is 1.56 bits per heavy atom. The van der Waals surface area contributed by atoms with E-state index >= 15 is 0 Å². The molecule has 0 bridgehead atoms. The molecule has 0 unspecified atom stereocenters. The number of carbonyl (C=O) groups excluding carboxylic acids is 2. The molecule has 7 heteroatoms. The highest BCUT2D eigenvalue weighted by Gasteiger charge is 2.06. The molecule has 1 N–H and O–H groups in total. The number of anilines is 1. The Labute approximate surface area is 164 Å². The number of benzene rings is 2. The molecule has 0 fully saturated rings. The van der Waals surface area contributed by atoms with Crippen LogP contribution in [0.1, 0.15) is 12.8 Å². The van der Waals surface area contributed by atoms with E-state index in [2.05, 4.69) is 5.32 Å². The van der Waals surface area contributed by atoms with E-state index in [4.69, 9.17) is 21.1 Å². The van der Waals surface area contributed by atoms with E-state index in [9.17, 15) is 9.59 Å². The quantitative estimate of drug-likeness (QED) is 0.664. The van der Waals surface area contributed by atoms with Crippen LogP contribution in [-0.2, 0) is 9.59 Å². The maximum Gasteiger partial charge on any atom is 0.259 e. The molecule has 0 radical (unpaired) electrons. The van der Waals surface area contributed by atoms with Gasteiger partial charge in [0.15, 0.2) is 6.61 Å². The lowest BCUT2D eigenvalue weighted by Gasteiger charge is -2.12. The van der Waals surface area contributed by atoms with E-state index in [0.717, 1.165) is 5.75 Å². The smallest absolute Gasteiger partial charge is 0.259 e. The standard InChI is InChI=1S/C20H23ClN2O4/c1-23(2)20(25)14-27-18-11-7-16(8-12-18)22-19(24)4-3-13-26-17-9-5-15(21)6-10-17/h5-12H,3-4,13-14H2,1-2H3,(H,22,24). The van der Waals surface area contributed by atoms with E-state index in [1.54, 1.807) is 62.6 Å². The predicted molar refractivity (Wildman–Crippen MR) is 105 cm³/mol. The third-order valence-corrected chi connectivity index (χ3v) is 3.88. The lowest BCUT2D eigenvalue weighted by molar-refractivity contribution is -0.130. The lowest BCUT2D eigenvalue weighted by Crippen LogP contribution is -2.27. The van der Waals surface area contributed by atoms with Gasteiger partial charge in [0.25, 0.3) is 5.91 Å². The molecule has 0 heterocycles. The number of rotatable bonds is 9. The van der Waals surface area contributed by atoms with Crippen molar-refractivity contribution >= 4 is 29.1 Å². The maximum atomic E-state index is 12.0. The first-order valence-corrected chi connectivity index (χ1v) is 8.93. The number of carbonyl (C=O) groups is 2. The fourth-order valence-corrected chi connectivity index (χ4v) is 2.21. The van der Waals surface area contributed by atoms with Crippen LogP contribution in [0, 0.1) is 0 Å². The van der Waals surface area contributed by atoms with E-state index in [1.807, 2.05) is 0 Å². The molecular formula is C20H23ClN2O4. The predicted octanol–water partition coefficient (Wildman–Crippen LogP) is 3.60. The minimum absolute atomic E-state index is 0.0215. The number of ether oxygens (including phenoxy) is 2. The van der Waals surface area contributed by atoms with Gasteiger partial charge in [-0.05, 0) is 55.0 Å². The fraction of sp³-hybridized carbons (Fsp3) is 0.300. The van der Waals surface area contributed by atoms with Gasteiger partial charge in [0.05, 0.1) is 6.61 Å². The number of likely N-dealkylation sites (N-methyl/N-ethyl adjacent to an activating group) is 1. The summed E-state index contributed by atoms with van der Waals surface area (Å²) in [4.78, 5) is 24.9. The zero-order chi connectivity index (χ0) is 19.6. The number of halogens is 1. The van der Waals surface area contributed by atoms with Gasteiger partial charge in [0.1, 0.15) is 11.5 Å². The van der Waals surface area contributed by atoms with Crippen LogP contribution in [0.5, 0.6) is 11.5 Å². The lowest BCUT2D eigenvalue weighted by atomic mass is 10.2. The molecule has 0 aliphatic heterocycles. The average Bonchev–Trinajstić information content (AvgIpc) is 2.65. The first kappa shape index (κ1) is 20.6. The van der Waals surface area contributed by atoms with Crippen LogP contribution in [0.25, 0.3) is 0 Å². The monoisotopic (exact) mass is 390 g/mol. The number of hydrogen-bond donors (Lipinski definition) is 1. The third kappa shape index (κ3) is 7.58. The number of hydrogen-bond acceptors (Lipinski definition) is 4. The van der Waals surface area contributed by atoms with Gasteiger partial charge in [-0.25, -0.2) is 0 Å². The van der Waals surface area contributed by atoms with E-state index in [-0.39, 0.29) is 18.4 Å². The van der Waals surface area contributed by atoms with Crippen LogP contribution < -0.4 is 14.8 Å². The van der Waals surface area contributed by atoms with Crippen molar-refractivity contribution in [3.05, 3.63) is 53.6 Å². The molecule has 2 rings (SSSR count). The first-order valence-electron chi connectivity index (χ1n) is 8.55. The molecular weight excluding hydrogens is 368 g/mol. The normalized spacial score (nSPS) is 10.2. The molecule has 0 aromatic heterocycles. The Morgan fingerprint density at radius 3 is 2.19 bits per heavy atom. The summed E-state index contributed by atoms with van der Waals surface area (Å²) >= 11 is 5.81. The second-order valence-electron chi connectivity index (χ2n) is 6.06. The van der Waals surface area contributed by atoms with Gasteiger partial charge in [-0.3, -0.25) is 9.59 Å². The van der Waals surface area contributed by atoms with Crippen LogP contribution in [0.3, 0.4) is 0 Å². The summed E-state index contributed by atoms with van der Waals surface area (Å²) in [6, 6.07) is 14.0. The maximum absolute atomic E-state index is 12.0. The Bertz CT molecular complexity index is 746. The third-order valence-electron chi connectivity index (χ3n) is 3.63. The number of amides is 2. The summed E-state index contributed by atoms with van der Waals surface area (Å²) in [5, 5.41) is 3.47. The Hall–Kier alpha value is -2.73. The van der Waals surface area contributed by atoms with Crippen molar-refractivity contribution in [1.82, 2.24) is 4.90 Å². The van der Waals surface area contributed by atoms with Gasteiger partial charge >= 0.3 is 0 Å². The molecule has 0 spiro atoms. The zero-order valence-corrected chi connectivity index (χ0v) is 16.2. The second kappa shape index (κ2) is 10.4. The minimum atomic E-state index is -0.117. The molecule has 0 aliphatic carbocycles. The van der Waals surface area contributed by atoms with Crippen molar-refractivity contribution in [2.75, 3.05) is 32.6 Å². The van der Waals surface area contributed by atoms with Crippen molar-refractivity contribution in [1.29, 1.82) is 0 Å². The van der Waals surface area contributed by atoms with Gasteiger partial charge < -0.3 is 19.7 Å². The highest BCUT2D eigenvalue weighted by Crippen LogP contribution is 2.17. The van der Waals surface area contributed by atoms with Crippen LogP contribution in [0.4, 0.5) is 5.69 Å². The van der Waals surface area contributed by atoms with Crippen LogP contribution >= 0.6 is 11.6 Å². The topological polar surface area (TPSA) is 67.9 Å². The Balaban J connectivity index is 1.67.